The van der Waals surface area contributed by atoms with Crippen molar-refractivity contribution in [1.82, 2.24) is 4.90 Å². The Labute approximate surface area is 98.2 Å². The molecule has 0 heterocycles. The molecule has 92 valence electrons. The highest BCUT2D eigenvalue weighted by Gasteiger charge is 2.23. The van der Waals surface area contributed by atoms with E-state index in [2.05, 4.69) is 6.07 Å². The molecule has 0 radical (unpaired) electrons. The maximum absolute atomic E-state index is 11.4. The average molecular weight is 244 g/mol. The topological polar surface area (TPSA) is 61.2 Å². The van der Waals surface area contributed by atoms with Crippen LogP contribution in [0.25, 0.3) is 0 Å². The molecule has 0 saturated heterocycles. The van der Waals surface area contributed by atoms with Crippen molar-refractivity contribution in [2.75, 3.05) is 24.6 Å². The summed E-state index contributed by atoms with van der Waals surface area (Å²) in [6.07, 6.45) is 4.61. The molecule has 1 fully saturated rings. The molecule has 0 unspecified atom stereocenters. The van der Waals surface area contributed by atoms with Crippen molar-refractivity contribution in [3.8, 4) is 6.07 Å². The first-order chi connectivity index (χ1) is 7.59. The largest absolute Gasteiger partial charge is 0.287 e. The van der Waals surface area contributed by atoms with Gasteiger partial charge in [-0.25, -0.2) is 8.42 Å². The van der Waals surface area contributed by atoms with Crippen LogP contribution in [0.4, 0.5) is 0 Å². The second kappa shape index (κ2) is 6.21. The Morgan fingerprint density at radius 2 is 2.00 bits per heavy atom. The van der Waals surface area contributed by atoms with Crippen molar-refractivity contribution in [2.24, 2.45) is 0 Å². The van der Waals surface area contributed by atoms with Crippen LogP contribution >= 0.6 is 0 Å². The molecule has 0 atom stereocenters. The van der Waals surface area contributed by atoms with E-state index in [4.69, 9.17) is 5.26 Å². The van der Waals surface area contributed by atoms with Crippen LogP contribution < -0.4 is 0 Å². The number of nitrogens with zero attached hydrogens (tertiary/aromatic N) is 2. The van der Waals surface area contributed by atoms with Crippen molar-refractivity contribution in [3.63, 3.8) is 0 Å². The van der Waals surface area contributed by atoms with Crippen LogP contribution in [0, 0.1) is 11.3 Å². The quantitative estimate of drug-likeness (QED) is 0.658. The molecule has 0 spiro atoms. The van der Waals surface area contributed by atoms with Gasteiger partial charge in [0.25, 0.3) is 0 Å². The first-order valence-electron chi connectivity index (χ1n) is 5.90. The van der Waals surface area contributed by atoms with E-state index in [0.29, 0.717) is 19.1 Å². The van der Waals surface area contributed by atoms with Crippen LogP contribution in [0.1, 0.15) is 32.6 Å². The fourth-order valence-electron chi connectivity index (χ4n) is 2.15. The average Bonchev–Trinajstić information content (AvgIpc) is 2.77. The molecular weight excluding hydrogens is 224 g/mol. The molecule has 1 saturated carbocycles. The van der Waals surface area contributed by atoms with Gasteiger partial charge >= 0.3 is 0 Å². The summed E-state index contributed by atoms with van der Waals surface area (Å²) < 4.78 is 22.8. The summed E-state index contributed by atoms with van der Waals surface area (Å²) in [4.78, 5) is 2.03. The highest BCUT2D eigenvalue weighted by molar-refractivity contribution is 7.91. The monoisotopic (exact) mass is 244 g/mol. The molecule has 1 aliphatic rings. The third kappa shape index (κ3) is 4.11. The number of hydrogen-bond acceptors (Lipinski definition) is 4. The van der Waals surface area contributed by atoms with Gasteiger partial charge in [-0.1, -0.05) is 19.8 Å². The lowest BCUT2D eigenvalue weighted by Crippen LogP contribution is -2.37. The number of hydrogen-bond donors (Lipinski definition) is 0. The summed E-state index contributed by atoms with van der Waals surface area (Å²) in [6.45, 7) is 2.53. The molecule has 16 heavy (non-hydrogen) atoms. The van der Waals surface area contributed by atoms with E-state index in [1.54, 1.807) is 6.92 Å². The molecule has 0 N–H and O–H groups in total. The second-order valence-electron chi connectivity index (χ2n) is 4.30. The van der Waals surface area contributed by atoms with Gasteiger partial charge in [-0.3, -0.25) is 4.90 Å². The van der Waals surface area contributed by atoms with E-state index in [1.165, 1.54) is 12.8 Å². The van der Waals surface area contributed by atoms with Crippen molar-refractivity contribution >= 4 is 9.84 Å². The first-order valence-corrected chi connectivity index (χ1v) is 7.72. The van der Waals surface area contributed by atoms with Crippen LogP contribution in [0.2, 0.25) is 0 Å². The Hall–Kier alpha value is -0.600. The van der Waals surface area contributed by atoms with E-state index in [1.807, 2.05) is 4.90 Å². The highest BCUT2D eigenvalue weighted by Crippen LogP contribution is 2.23. The van der Waals surface area contributed by atoms with E-state index in [0.717, 1.165) is 12.8 Å². The maximum Gasteiger partial charge on any atom is 0.151 e. The minimum absolute atomic E-state index is 0.182. The molecule has 0 aromatic heterocycles. The zero-order valence-electron chi connectivity index (χ0n) is 9.85. The molecule has 4 nitrogen and oxygen atoms in total. The minimum Gasteiger partial charge on any atom is -0.287 e. The van der Waals surface area contributed by atoms with Crippen LogP contribution in [0.15, 0.2) is 0 Å². The molecule has 0 aromatic rings. The molecule has 1 aliphatic carbocycles. The smallest absolute Gasteiger partial charge is 0.151 e. The second-order valence-corrected chi connectivity index (χ2v) is 6.78. The van der Waals surface area contributed by atoms with Crippen molar-refractivity contribution < 1.29 is 8.42 Å². The number of nitriles is 1. The maximum atomic E-state index is 11.4. The van der Waals surface area contributed by atoms with E-state index < -0.39 is 9.84 Å². The summed E-state index contributed by atoms with van der Waals surface area (Å²) in [6, 6.07) is 2.55. The zero-order valence-corrected chi connectivity index (χ0v) is 10.7. The number of sulfone groups is 1. The lowest BCUT2D eigenvalue weighted by molar-refractivity contribution is 0.235. The van der Waals surface area contributed by atoms with Gasteiger partial charge in [0.2, 0.25) is 0 Å². The molecule has 5 heteroatoms. The normalized spacial score (nSPS) is 17.8. The zero-order chi connectivity index (χ0) is 12.0. The SMILES string of the molecule is CCS(=O)(=O)CCN(CC#N)C1CCCC1. The summed E-state index contributed by atoms with van der Waals surface area (Å²) in [5.41, 5.74) is 0. The van der Waals surface area contributed by atoms with Gasteiger partial charge in [0.15, 0.2) is 9.84 Å². The van der Waals surface area contributed by atoms with E-state index in [9.17, 15) is 8.42 Å². The Morgan fingerprint density at radius 3 is 2.50 bits per heavy atom. The fraction of sp³-hybridized carbons (Fsp3) is 0.909. The van der Waals surface area contributed by atoms with Crippen LogP contribution in [0.3, 0.4) is 0 Å². The molecule has 0 bridgehead atoms. The van der Waals surface area contributed by atoms with Gasteiger partial charge < -0.3 is 0 Å². The fourth-order valence-corrected chi connectivity index (χ4v) is 2.95. The highest BCUT2D eigenvalue weighted by atomic mass is 32.2. The first kappa shape index (κ1) is 13.5. The van der Waals surface area contributed by atoms with Crippen molar-refractivity contribution in [3.05, 3.63) is 0 Å². The van der Waals surface area contributed by atoms with Crippen LogP contribution in [0.5, 0.6) is 0 Å². The Morgan fingerprint density at radius 1 is 1.38 bits per heavy atom. The minimum atomic E-state index is -2.91. The van der Waals surface area contributed by atoms with Gasteiger partial charge in [0.1, 0.15) is 0 Å². The summed E-state index contributed by atoms with van der Waals surface area (Å²) in [5.74, 6) is 0.375. The molecule has 0 aromatic carbocycles. The molecule has 1 rings (SSSR count). The van der Waals surface area contributed by atoms with Crippen molar-refractivity contribution in [1.29, 1.82) is 5.26 Å². The lowest BCUT2D eigenvalue weighted by Gasteiger charge is -2.25. The van der Waals surface area contributed by atoms with E-state index in [-0.39, 0.29) is 11.5 Å². The van der Waals surface area contributed by atoms with E-state index >= 15 is 0 Å². The van der Waals surface area contributed by atoms with Gasteiger partial charge in [-0.05, 0) is 12.8 Å². The van der Waals surface area contributed by atoms with Crippen molar-refractivity contribution in [2.45, 2.75) is 38.6 Å². The Kier molecular flexibility index (Phi) is 5.23. The number of rotatable bonds is 6. The molecular formula is C11H20N2O2S. The molecule has 0 amide bonds. The predicted octanol–water partition coefficient (Wildman–Crippen LogP) is 1.19. The lowest BCUT2D eigenvalue weighted by atomic mass is 10.2. The summed E-state index contributed by atoms with van der Waals surface area (Å²) >= 11 is 0. The Balaban J connectivity index is 2.48. The third-order valence-corrected chi connectivity index (χ3v) is 4.93. The molecule has 0 aliphatic heterocycles. The third-order valence-electron chi connectivity index (χ3n) is 3.24. The van der Waals surface area contributed by atoms with Gasteiger partial charge in [-0.15, -0.1) is 0 Å². The van der Waals surface area contributed by atoms with Crippen LogP contribution in [-0.4, -0.2) is 44.0 Å². The Bertz CT molecular complexity index is 339. The van der Waals surface area contributed by atoms with Crippen LogP contribution in [-0.2, 0) is 9.84 Å². The summed E-state index contributed by atoms with van der Waals surface area (Å²) in [7, 11) is -2.91. The van der Waals surface area contributed by atoms with Gasteiger partial charge in [-0.2, -0.15) is 5.26 Å². The predicted molar refractivity (Wildman–Crippen MR) is 63.8 cm³/mol. The van der Waals surface area contributed by atoms with Gasteiger partial charge in [0, 0.05) is 18.3 Å². The standard InChI is InChI=1S/C11H20N2O2S/c1-2-16(14,15)10-9-13(8-7-12)11-5-3-4-6-11/h11H,2-6,8-10H2,1H3. The summed E-state index contributed by atoms with van der Waals surface area (Å²) in [5, 5.41) is 8.74. The van der Waals surface area contributed by atoms with Gasteiger partial charge in [0.05, 0.1) is 18.4 Å².